The summed E-state index contributed by atoms with van der Waals surface area (Å²) < 4.78 is 5.25. The lowest BCUT2D eigenvalue weighted by molar-refractivity contribution is 0.0685. The molecule has 16 nitrogen and oxygen atoms in total. The second-order valence-electron chi connectivity index (χ2n) is 8.47. The molecule has 0 spiro atoms. The van der Waals surface area contributed by atoms with E-state index in [0.717, 1.165) is 24.8 Å². The lowest BCUT2D eigenvalue weighted by Crippen LogP contribution is -2.22. The van der Waals surface area contributed by atoms with E-state index >= 15 is 0 Å². The molecule has 4 heterocycles. The van der Waals surface area contributed by atoms with Gasteiger partial charge in [0.2, 0.25) is 0 Å². The standard InChI is InChI=1S/C24H18N8O8/c33-21(34)15-5-25-29(9-15)19(30-10-16(6-26-30)22(35)36)13-1-2-14(4-3-13)20(31-11-17(7-27-31)23(37)38)32-12-18(8-28-32)24(39)40/h1-12,19-20H,(H,33,34)(H,35,36)(H,37,38)(H,39,40). The summed E-state index contributed by atoms with van der Waals surface area (Å²) in [6, 6.07) is 6.61. The number of hydrogen-bond acceptors (Lipinski definition) is 8. The topological polar surface area (TPSA) is 220 Å². The van der Waals surface area contributed by atoms with Gasteiger partial charge >= 0.3 is 23.9 Å². The Hall–Kier alpha value is -6.06. The maximum atomic E-state index is 11.4. The second kappa shape index (κ2) is 10.0. The van der Waals surface area contributed by atoms with Crippen molar-refractivity contribution in [1.29, 1.82) is 0 Å². The van der Waals surface area contributed by atoms with E-state index in [0.29, 0.717) is 11.1 Å². The van der Waals surface area contributed by atoms with Crippen LogP contribution in [0.3, 0.4) is 0 Å². The molecule has 0 saturated heterocycles. The van der Waals surface area contributed by atoms with E-state index in [1.165, 1.54) is 43.5 Å². The third kappa shape index (κ3) is 4.78. The first-order valence-electron chi connectivity index (χ1n) is 11.3. The van der Waals surface area contributed by atoms with Gasteiger partial charge < -0.3 is 20.4 Å². The van der Waals surface area contributed by atoms with Crippen molar-refractivity contribution in [3.8, 4) is 0 Å². The SMILES string of the molecule is O=C(O)c1cnn(C(c2ccc(C(n3cc(C(=O)O)cn3)n3cc(C(=O)O)cn3)cc2)n2cc(C(=O)O)cn2)c1. The summed E-state index contributed by atoms with van der Waals surface area (Å²) in [5.41, 5.74) is 0.699. The van der Waals surface area contributed by atoms with E-state index in [9.17, 15) is 39.6 Å². The van der Waals surface area contributed by atoms with Gasteiger partial charge in [0.25, 0.3) is 0 Å². The lowest BCUT2D eigenvalue weighted by atomic mass is 10.1. The van der Waals surface area contributed by atoms with Gasteiger partial charge in [-0.1, -0.05) is 24.3 Å². The number of nitrogens with zero attached hydrogens (tertiary/aromatic N) is 8. The van der Waals surface area contributed by atoms with Crippen molar-refractivity contribution in [2.45, 2.75) is 12.3 Å². The monoisotopic (exact) mass is 546 g/mol. The molecule has 0 radical (unpaired) electrons. The molecule has 5 rings (SSSR count). The highest BCUT2D eigenvalue weighted by Crippen LogP contribution is 2.26. The molecule has 0 bridgehead atoms. The minimum absolute atomic E-state index is 0.0897. The summed E-state index contributed by atoms with van der Waals surface area (Å²) in [4.78, 5) is 45.7. The van der Waals surface area contributed by atoms with E-state index in [2.05, 4.69) is 20.4 Å². The van der Waals surface area contributed by atoms with E-state index < -0.39 is 36.2 Å². The summed E-state index contributed by atoms with van der Waals surface area (Å²) in [5, 5.41) is 53.9. The van der Waals surface area contributed by atoms with Gasteiger partial charge in [-0.3, -0.25) is 0 Å². The molecule has 1 aromatic carbocycles. The summed E-state index contributed by atoms with van der Waals surface area (Å²) in [7, 11) is 0. The fraction of sp³-hybridized carbons (Fsp3) is 0.0833. The fourth-order valence-electron chi connectivity index (χ4n) is 4.02. The van der Waals surface area contributed by atoms with Crippen LogP contribution in [-0.2, 0) is 0 Å². The normalized spacial score (nSPS) is 11.2. The Morgan fingerprint density at radius 1 is 0.475 bits per heavy atom. The number of benzene rings is 1. The van der Waals surface area contributed by atoms with E-state index in [1.54, 1.807) is 24.3 Å². The Morgan fingerprint density at radius 3 is 0.875 bits per heavy atom. The van der Waals surface area contributed by atoms with Gasteiger partial charge in [-0.2, -0.15) is 20.4 Å². The largest absolute Gasteiger partial charge is 0.478 e. The van der Waals surface area contributed by atoms with Crippen molar-refractivity contribution in [3.63, 3.8) is 0 Å². The second-order valence-corrected chi connectivity index (χ2v) is 8.47. The summed E-state index contributed by atoms with van der Waals surface area (Å²) >= 11 is 0. The zero-order valence-corrected chi connectivity index (χ0v) is 20.1. The molecular formula is C24H18N8O8. The molecule has 0 amide bonds. The molecule has 16 heteroatoms. The number of hydrogen-bond donors (Lipinski definition) is 4. The van der Waals surface area contributed by atoms with Gasteiger partial charge in [0.1, 0.15) is 0 Å². The molecular weight excluding hydrogens is 528 g/mol. The van der Waals surface area contributed by atoms with Crippen LogP contribution in [-0.4, -0.2) is 83.4 Å². The van der Waals surface area contributed by atoms with Crippen molar-refractivity contribution in [1.82, 2.24) is 39.1 Å². The van der Waals surface area contributed by atoms with Crippen LogP contribution in [0.4, 0.5) is 0 Å². The molecule has 0 aliphatic carbocycles. The Morgan fingerprint density at radius 2 is 0.700 bits per heavy atom. The fourth-order valence-corrected chi connectivity index (χ4v) is 4.02. The van der Waals surface area contributed by atoms with E-state index in [1.807, 2.05) is 0 Å². The van der Waals surface area contributed by atoms with Crippen LogP contribution < -0.4 is 0 Å². The molecule has 4 aromatic heterocycles. The highest BCUT2D eigenvalue weighted by Gasteiger charge is 2.24. The number of aromatic nitrogens is 8. The molecule has 202 valence electrons. The average molecular weight is 546 g/mol. The van der Waals surface area contributed by atoms with E-state index in [-0.39, 0.29) is 22.3 Å². The zero-order valence-electron chi connectivity index (χ0n) is 20.1. The van der Waals surface area contributed by atoms with Gasteiger partial charge in [-0.05, 0) is 11.1 Å². The van der Waals surface area contributed by atoms with Crippen LogP contribution in [0, 0.1) is 0 Å². The third-order valence-corrected chi connectivity index (χ3v) is 5.93. The van der Waals surface area contributed by atoms with Crippen LogP contribution in [0.15, 0.2) is 73.8 Å². The first kappa shape index (κ1) is 25.6. The van der Waals surface area contributed by atoms with E-state index in [4.69, 9.17) is 0 Å². The molecule has 0 saturated carbocycles. The van der Waals surface area contributed by atoms with Crippen molar-refractivity contribution in [3.05, 3.63) is 107 Å². The zero-order chi connectivity index (χ0) is 28.6. The Balaban J connectivity index is 1.58. The molecule has 0 aliphatic heterocycles. The highest BCUT2D eigenvalue weighted by atomic mass is 16.4. The van der Waals surface area contributed by atoms with Crippen LogP contribution in [0.1, 0.15) is 64.9 Å². The van der Waals surface area contributed by atoms with Crippen molar-refractivity contribution in [2.24, 2.45) is 0 Å². The van der Waals surface area contributed by atoms with Gasteiger partial charge in [-0.25, -0.2) is 37.9 Å². The molecule has 0 atom stereocenters. The average Bonchev–Trinajstić information content (AvgIpc) is 3.72. The first-order chi connectivity index (χ1) is 19.1. The summed E-state index contributed by atoms with van der Waals surface area (Å²) in [6.07, 6.45) is 7.96. The Labute approximate surface area is 222 Å². The maximum Gasteiger partial charge on any atom is 0.338 e. The number of carbonyl (C=O) groups is 4. The van der Waals surface area contributed by atoms with Gasteiger partial charge in [-0.15, -0.1) is 0 Å². The van der Waals surface area contributed by atoms with Crippen molar-refractivity contribution < 1.29 is 39.6 Å². The Kier molecular flexibility index (Phi) is 6.40. The summed E-state index contributed by atoms with van der Waals surface area (Å²) in [5.74, 6) is -4.80. The third-order valence-electron chi connectivity index (χ3n) is 5.93. The van der Waals surface area contributed by atoms with Gasteiger partial charge in [0.05, 0.1) is 47.0 Å². The predicted octanol–water partition coefficient (Wildman–Crippen LogP) is 1.46. The number of rotatable bonds is 10. The molecule has 0 fully saturated rings. The van der Waals surface area contributed by atoms with Crippen LogP contribution in [0.5, 0.6) is 0 Å². The van der Waals surface area contributed by atoms with Gasteiger partial charge in [0.15, 0.2) is 12.3 Å². The maximum absolute atomic E-state index is 11.4. The molecule has 4 N–H and O–H groups in total. The quantitative estimate of drug-likeness (QED) is 0.195. The highest BCUT2D eigenvalue weighted by molar-refractivity contribution is 5.88. The molecule has 40 heavy (non-hydrogen) atoms. The first-order valence-corrected chi connectivity index (χ1v) is 11.3. The van der Waals surface area contributed by atoms with Crippen molar-refractivity contribution in [2.75, 3.05) is 0 Å². The lowest BCUT2D eigenvalue weighted by Gasteiger charge is -2.22. The molecule has 0 aliphatic rings. The number of carboxylic acids is 4. The number of carboxylic acid groups (broad SMARTS) is 4. The van der Waals surface area contributed by atoms with Gasteiger partial charge in [0, 0.05) is 24.8 Å². The molecule has 5 aromatic rings. The smallest absolute Gasteiger partial charge is 0.338 e. The van der Waals surface area contributed by atoms with Crippen LogP contribution in [0.25, 0.3) is 0 Å². The minimum Gasteiger partial charge on any atom is -0.478 e. The van der Waals surface area contributed by atoms with Crippen molar-refractivity contribution >= 4 is 23.9 Å². The van der Waals surface area contributed by atoms with Crippen LogP contribution in [0.2, 0.25) is 0 Å². The minimum atomic E-state index is -1.20. The Bertz CT molecular complexity index is 1510. The van der Waals surface area contributed by atoms with Crippen LogP contribution >= 0.6 is 0 Å². The molecule has 0 unspecified atom stereocenters. The summed E-state index contributed by atoms with van der Waals surface area (Å²) in [6.45, 7) is 0. The number of aromatic carboxylic acids is 4. The predicted molar refractivity (Wildman–Crippen MR) is 130 cm³/mol.